The van der Waals surface area contributed by atoms with Crippen LogP contribution in [0.15, 0.2) is 24.3 Å². The maximum atomic E-state index is 12.5. The van der Waals surface area contributed by atoms with Gasteiger partial charge in [-0.05, 0) is 25.1 Å². The monoisotopic (exact) mass is 291 g/mol. The van der Waals surface area contributed by atoms with Crippen LogP contribution in [0, 0.1) is 0 Å². The van der Waals surface area contributed by atoms with E-state index in [1.165, 1.54) is 0 Å². The lowest BCUT2D eigenvalue weighted by Crippen LogP contribution is -2.48. The van der Waals surface area contributed by atoms with Crippen molar-refractivity contribution in [2.24, 2.45) is 5.73 Å². The summed E-state index contributed by atoms with van der Waals surface area (Å²) in [4.78, 5) is 17.1. The molecule has 0 bridgehead atoms. The molecule has 0 atom stereocenters. The molecule has 1 amide bonds. The molecule has 2 rings (SSSR count). The zero-order chi connectivity index (χ0) is 14.5. The van der Waals surface area contributed by atoms with Crippen LogP contribution in [0.3, 0.4) is 0 Å². The molecule has 108 valence electrons. The van der Waals surface area contributed by atoms with Crippen LogP contribution in [0.5, 0.6) is 0 Å². The van der Waals surface area contributed by atoms with Gasteiger partial charge in [0.2, 0.25) is 0 Å². The molecule has 1 aromatic carbocycles. The normalized spacial score (nSPS) is 16.1. The van der Waals surface area contributed by atoms with Gasteiger partial charge in [0.15, 0.2) is 0 Å². The highest BCUT2D eigenvalue weighted by molar-refractivity contribution is 7.80. The Morgan fingerprint density at radius 2 is 1.90 bits per heavy atom. The highest BCUT2D eigenvalue weighted by atomic mass is 32.1. The molecular weight excluding hydrogens is 270 g/mol. The maximum Gasteiger partial charge on any atom is 0.253 e. The molecule has 1 aromatic rings. The standard InChI is InChI=1S/C15H21N3OS/c1-2-6-17-7-9-18(10-8-17)15(19)13-5-3-4-12(11-13)14(16)20/h3-5,11H,2,6-10H2,1H3,(H2,16,20). The minimum absolute atomic E-state index is 0.0687. The zero-order valence-electron chi connectivity index (χ0n) is 11.8. The molecule has 2 N–H and O–H groups in total. The molecule has 1 aliphatic rings. The van der Waals surface area contributed by atoms with E-state index < -0.39 is 0 Å². The molecule has 0 spiro atoms. The number of rotatable bonds is 4. The summed E-state index contributed by atoms with van der Waals surface area (Å²) >= 11 is 4.96. The van der Waals surface area contributed by atoms with Gasteiger partial charge in [0.1, 0.15) is 4.99 Å². The van der Waals surface area contributed by atoms with E-state index in [9.17, 15) is 4.79 Å². The van der Waals surface area contributed by atoms with E-state index in [0.717, 1.165) is 44.7 Å². The lowest BCUT2D eigenvalue weighted by atomic mass is 10.1. The molecule has 0 aromatic heterocycles. The first-order valence-corrected chi connectivity index (χ1v) is 7.44. The smallest absolute Gasteiger partial charge is 0.253 e. The van der Waals surface area contributed by atoms with Crippen molar-refractivity contribution in [3.05, 3.63) is 35.4 Å². The van der Waals surface area contributed by atoms with Crippen molar-refractivity contribution in [2.45, 2.75) is 13.3 Å². The number of hydrogen-bond donors (Lipinski definition) is 1. The number of hydrogen-bond acceptors (Lipinski definition) is 3. The summed E-state index contributed by atoms with van der Waals surface area (Å²) in [5.74, 6) is 0.0687. The van der Waals surface area contributed by atoms with E-state index in [1.54, 1.807) is 6.07 Å². The van der Waals surface area contributed by atoms with E-state index in [0.29, 0.717) is 10.6 Å². The van der Waals surface area contributed by atoms with Gasteiger partial charge in [-0.15, -0.1) is 0 Å². The Morgan fingerprint density at radius 3 is 2.50 bits per heavy atom. The molecule has 4 nitrogen and oxygen atoms in total. The first kappa shape index (κ1) is 14.9. The summed E-state index contributed by atoms with van der Waals surface area (Å²) in [6.07, 6.45) is 1.16. The molecule has 0 radical (unpaired) electrons. The van der Waals surface area contributed by atoms with Crippen LogP contribution in [-0.2, 0) is 0 Å². The first-order chi connectivity index (χ1) is 9.61. The second kappa shape index (κ2) is 6.81. The number of thiocarbonyl (C=S) groups is 1. The highest BCUT2D eigenvalue weighted by Crippen LogP contribution is 2.11. The number of nitrogens with two attached hydrogens (primary N) is 1. The Balaban J connectivity index is 2.02. The van der Waals surface area contributed by atoms with Crippen LogP contribution in [0.25, 0.3) is 0 Å². The van der Waals surface area contributed by atoms with Crippen LogP contribution in [-0.4, -0.2) is 53.4 Å². The summed E-state index contributed by atoms with van der Waals surface area (Å²) in [6.45, 7) is 6.77. The van der Waals surface area contributed by atoms with E-state index in [-0.39, 0.29) is 5.91 Å². The Labute approximate surface area is 125 Å². The van der Waals surface area contributed by atoms with Crippen LogP contribution in [0.4, 0.5) is 0 Å². The van der Waals surface area contributed by atoms with Crippen molar-refractivity contribution in [2.75, 3.05) is 32.7 Å². The van der Waals surface area contributed by atoms with Gasteiger partial charge in [0.05, 0.1) is 0 Å². The summed E-state index contributed by atoms with van der Waals surface area (Å²) in [5.41, 5.74) is 7.02. The van der Waals surface area contributed by atoms with Crippen molar-refractivity contribution in [3.8, 4) is 0 Å². The SMILES string of the molecule is CCCN1CCN(C(=O)c2cccc(C(N)=S)c2)CC1. The first-order valence-electron chi connectivity index (χ1n) is 7.03. The van der Waals surface area contributed by atoms with Gasteiger partial charge >= 0.3 is 0 Å². The Morgan fingerprint density at radius 1 is 1.25 bits per heavy atom. The fraction of sp³-hybridized carbons (Fsp3) is 0.467. The minimum atomic E-state index is 0.0687. The average Bonchev–Trinajstić information content (AvgIpc) is 2.48. The summed E-state index contributed by atoms with van der Waals surface area (Å²) in [5, 5.41) is 0. The third-order valence-corrected chi connectivity index (χ3v) is 3.83. The predicted molar refractivity (Wildman–Crippen MR) is 85.0 cm³/mol. The lowest BCUT2D eigenvalue weighted by molar-refractivity contribution is 0.0637. The van der Waals surface area contributed by atoms with Gasteiger partial charge in [0, 0.05) is 37.3 Å². The molecule has 0 unspecified atom stereocenters. The molecule has 0 saturated carbocycles. The van der Waals surface area contributed by atoms with Crippen molar-refractivity contribution >= 4 is 23.1 Å². The summed E-state index contributed by atoms with van der Waals surface area (Å²) in [7, 11) is 0. The van der Waals surface area contributed by atoms with Gasteiger partial charge in [-0.3, -0.25) is 9.69 Å². The zero-order valence-corrected chi connectivity index (χ0v) is 12.7. The quantitative estimate of drug-likeness (QED) is 0.854. The number of piperazine rings is 1. The maximum absolute atomic E-state index is 12.5. The van der Waals surface area contributed by atoms with Crippen LogP contribution >= 0.6 is 12.2 Å². The molecule has 0 aliphatic carbocycles. The van der Waals surface area contributed by atoms with Crippen molar-refractivity contribution in [1.29, 1.82) is 0 Å². The largest absolute Gasteiger partial charge is 0.389 e. The van der Waals surface area contributed by atoms with Gasteiger partial charge in [-0.2, -0.15) is 0 Å². The van der Waals surface area contributed by atoms with E-state index in [4.69, 9.17) is 18.0 Å². The van der Waals surface area contributed by atoms with Gasteiger partial charge < -0.3 is 10.6 Å². The molecule has 1 aliphatic heterocycles. The lowest BCUT2D eigenvalue weighted by Gasteiger charge is -2.34. The van der Waals surface area contributed by atoms with E-state index >= 15 is 0 Å². The van der Waals surface area contributed by atoms with Gasteiger partial charge in [-0.25, -0.2) is 0 Å². The number of benzene rings is 1. The minimum Gasteiger partial charge on any atom is -0.389 e. The third kappa shape index (κ3) is 3.55. The Bertz CT molecular complexity index is 496. The Kier molecular flexibility index (Phi) is 5.09. The molecule has 20 heavy (non-hydrogen) atoms. The number of carbonyl (C=O) groups is 1. The van der Waals surface area contributed by atoms with Crippen LogP contribution in [0.1, 0.15) is 29.3 Å². The Hall–Kier alpha value is -1.46. The third-order valence-electron chi connectivity index (χ3n) is 3.59. The number of amides is 1. The molecule has 1 saturated heterocycles. The van der Waals surface area contributed by atoms with Gasteiger partial charge in [0.25, 0.3) is 5.91 Å². The van der Waals surface area contributed by atoms with E-state index in [1.807, 2.05) is 23.1 Å². The topological polar surface area (TPSA) is 49.6 Å². The van der Waals surface area contributed by atoms with Crippen molar-refractivity contribution in [1.82, 2.24) is 9.80 Å². The molecular formula is C15H21N3OS. The number of carbonyl (C=O) groups excluding carboxylic acids is 1. The second-order valence-corrected chi connectivity index (χ2v) is 5.52. The molecule has 1 fully saturated rings. The van der Waals surface area contributed by atoms with Crippen molar-refractivity contribution < 1.29 is 4.79 Å². The van der Waals surface area contributed by atoms with E-state index in [2.05, 4.69) is 11.8 Å². The van der Waals surface area contributed by atoms with Crippen LogP contribution in [0.2, 0.25) is 0 Å². The van der Waals surface area contributed by atoms with Gasteiger partial charge in [-0.1, -0.05) is 31.3 Å². The fourth-order valence-electron chi connectivity index (χ4n) is 2.48. The average molecular weight is 291 g/mol. The van der Waals surface area contributed by atoms with Crippen molar-refractivity contribution in [3.63, 3.8) is 0 Å². The highest BCUT2D eigenvalue weighted by Gasteiger charge is 2.21. The molecule has 1 heterocycles. The second-order valence-electron chi connectivity index (χ2n) is 5.08. The predicted octanol–water partition coefficient (Wildman–Crippen LogP) is 1.49. The molecule has 5 heteroatoms. The number of nitrogens with zero attached hydrogens (tertiary/aromatic N) is 2. The fourth-order valence-corrected chi connectivity index (χ4v) is 2.61. The summed E-state index contributed by atoms with van der Waals surface area (Å²) in [6, 6.07) is 7.26. The van der Waals surface area contributed by atoms with Crippen LogP contribution < -0.4 is 5.73 Å². The summed E-state index contributed by atoms with van der Waals surface area (Å²) < 4.78 is 0.